The Hall–Kier alpha value is -0.830. The molecule has 0 aromatic carbocycles. The smallest absolute Gasteiger partial charge is 0.149 e. The molecule has 1 aliphatic heterocycles. The first-order valence-electron chi connectivity index (χ1n) is 9.24. The number of carbonyl (C=O) groups excluding carboxylic acids is 1. The lowest BCUT2D eigenvalue weighted by Gasteiger charge is -2.59. The Morgan fingerprint density at radius 1 is 1.22 bits per heavy atom. The minimum Gasteiger partial charge on any atom is -0.491 e. The Kier molecular flexibility index (Phi) is 4.15. The van der Waals surface area contributed by atoms with E-state index in [1.165, 1.54) is 25.7 Å². The van der Waals surface area contributed by atoms with Gasteiger partial charge in [0, 0.05) is 30.9 Å². The molecule has 2 saturated carbocycles. The van der Waals surface area contributed by atoms with Gasteiger partial charge >= 0.3 is 0 Å². The second kappa shape index (κ2) is 5.61. The van der Waals surface area contributed by atoms with Crippen molar-refractivity contribution in [3.8, 4) is 0 Å². The molecular weight excluding hydrogens is 288 g/mol. The Morgan fingerprint density at radius 2 is 1.96 bits per heavy atom. The molecule has 0 amide bonds. The van der Waals surface area contributed by atoms with Gasteiger partial charge in [-0.2, -0.15) is 0 Å². The first-order chi connectivity index (χ1) is 10.8. The predicted octanol–water partition coefficient (Wildman–Crippen LogP) is 4.24. The number of rotatable bonds is 3. The van der Waals surface area contributed by atoms with E-state index in [9.17, 15) is 9.90 Å². The van der Waals surface area contributed by atoms with Gasteiger partial charge in [0.1, 0.15) is 17.6 Å². The number of allylic oxidation sites excluding steroid dienone is 1. The molecule has 3 nitrogen and oxygen atoms in total. The van der Waals surface area contributed by atoms with Crippen molar-refractivity contribution >= 4 is 6.29 Å². The van der Waals surface area contributed by atoms with Gasteiger partial charge in [0.25, 0.3) is 0 Å². The monoisotopic (exact) mass is 320 g/mol. The quantitative estimate of drug-likeness (QED) is 0.625. The Labute approximate surface area is 140 Å². The molecule has 3 heteroatoms. The molecule has 2 aliphatic carbocycles. The number of aliphatic hydroxyl groups excluding tert-OH is 1. The minimum atomic E-state index is -0.141. The summed E-state index contributed by atoms with van der Waals surface area (Å²) in [6.45, 7) is 9.60. The van der Waals surface area contributed by atoms with E-state index >= 15 is 0 Å². The maximum Gasteiger partial charge on any atom is 0.149 e. The predicted molar refractivity (Wildman–Crippen MR) is 90.9 cm³/mol. The van der Waals surface area contributed by atoms with Gasteiger partial charge in [-0.05, 0) is 49.4 Å². The molecule has 1 heterocycles. The summed E-state index contributed by atoms with van der Waals surface area (Å²) >= 11 is 0. The summed E-state index contributed by atoms with van der Waals surface area (Å²) in [4.78, 5) is 11.4. The van der Waals surface area contributed by atoms with Crippen molar-refractivity contribution < 1.29 is 14.6 Å². The lowest BCUT2D eigenvalue weighted by Crippen LogP contribution is -2.55. The number of fused-ring (bicyclic) bond motifs is 3. The normalized spacial score (nSPS) is 44.0. The van der Waals surface area contributed by atoms with Crippen LogP contribution in [0.1, 0.15) is 72.6 Å². The standard InChI is InChI=1S/C20H32O3/c1-18(2)8-5-9-19(3)16(18)6-10-20(4)17(19)12-15(23-20)14(13-22)7-11-21/h13,16-17,21H,5-12H2,1-4H3. The zero-order valence-electron chi connectivity index (χ0n) is 15.2. The summed E-state index contributed by atoms with van der Waals surface area (Å²) in [6.07, 6.45) is 8.36. The fraction of sp³-hybridized carbons (Fsp3) is 0.850. The molecule has 1 N–H and O–H groups in total. The van der Waals surface area contributed by atoms with Crippen LogP contribution in [-0.2, 0) is 9.53 Å². The van der Waals surface area contributed by atoms with Crippen LogP contribution >= 0.6 is 0 Å². The van der Waals surface area contributed by atoms with Gasteiger partial charge in [-0.3, -0.25) is 4.79 Å². The van der Waals surface area contributed by atoms with Gasteiger partial charge in [0.2, 0.25) is 0 Å². The van der Waals surface area contributed by atoms with Gasteiger partial charge in [-0.1, -0.05) is 27.2 Å². The lowest BCUT2D eigenvalue weighted by atomic mass is 9.45. The summed E-state index contributed by atoms with van der Waals surface area (Å²) in [7, 11) is 0. The highest BCUT2D eigenvalue weighted by molar-refractivity contribution is 5.74. The van der Waals surface area contributed by atoms with Crippen LogP contribution in [0.5, 0.6) is 0 Å². The number of aldehydes is 1. The first-order valence-corrected chi connectivity index (χ1v) is 9.24. The molecule has 1 saturated heterocycles. The highest BCUT2D eigenvalue weighted by Crippen LogP contribution is 2.66. The van der Waals surface area contributed by atoms with E-state index in [1.54, 1.807) is 0 Å². The van der Waals surface area contributed by atoms with Crippen LogP contribution < -0.4 is 0 Å². The molecule has 0 bridgehead atoms. The van der Waals surface area contributed by atoms with Gasteiger partial charge in [0.05, 0.1) is 0 Å². The molecular formula is C20H32O3. The van der Waals surface area contributed by atoms with Crippen LogP contribution in [0.4, 0.5) is 0 Å². The molecule has 4 atom stereocenters. The molecule has 0 spiro atoms. The van der Waals surface area contributed by atoms with E-state index < -0.39 is 0 Å². The number of carbonyl (C=O) groups is 1. The van der Waals surface area contributed by atoms with Crippen molar-refractivity contribution in [1.82, 2.24) is 0 Å². The SMILES string of the molecule is CC1(C)CCCC2(C)C1CCC1(C)OC(=C(C=O)CCO)CC12. The third kappa shape index (κ3) is 2.56. The van der Waals surface area contributed by atoms with E-state index in [4.69, 9.17) is 4.74 Å². The van der Waals surface area contributed by atoms with Crippen LogP contribution in [0.15, 0.2) is 11.3 Å². The first kappa shape index (κ1) is 17.0. The molecule has 3 rings (SSSR count). The van der Waals surface area contributed by atoms with E-state index in [0.717, 1.165) is 30.8 Å². The van der Waals surface area contributed by atoms with Crippen LogP contribution in [-0.4, -0.2) is 23.6 Å². The molecule has 3 fully saturated rings. The highest BCUT2D eigenvalue weighted by atomic mass is 16.5. The second-order valence-electron chi connectivity index (χ2n) is 9.15. The topological polar surface area (TPSA) is 46.5 Å². The maximum absolute atomic E-state index is 11.4. The number of ether oxygens (including phenoxy) is 1. The van der Waals surface area contributed by atoms with Gasteiger partial charge in [0.15, 0.2) is 0 Å². The van der Waals surface area contributed by atoms with Crippen LogP contribution in [0.3, 0.4) is 0 Å². The molecule has 0 aromatic rings. The lowest BCUT2D eigenvalue weighted by molar-refractivity contribution is -0.142. The number of hydrogen-bond acceptors (Lipinski definition) is 3. The molecule has 0 aromatic heterocycles. The molecule has 23 heavy (non-hydrogen) atoms. The summed E-state index contributed by atoms with van der Waals surface area (Å²) in [5.41, 5.74) is 1.22. The Balaban J connectivity index is 1.97. The maximum atomic E-state index is 11.4. The summed E-state index contributed by atoms with van der Waals surface area (Å²) in [5, 5.41) is 9.21. The third-order valence-electron chi connectivity index (χ3n) is 7.37. The number of aliphatic hydroxyl groups is 1. The van der Waals surface area contributed by atoms with E-state index in [0.29, 0.717) is 28.7 Å². The highest BCUT2D eigenvalue weighted by Gasteiger charge is 2.61. The Bertz CT molecular complexity index is 521. The average Bonchev–Trinajstić information content (AvgIpc) is 2.82. The summed E-state index contributed by atoms with van der Waals surface area (Å²) < 4.78 is 6.38. The fourth-order valence-electron chi connectivity index (χ4n) is 6.27. The van der Waals surface area contributed by atoms with Crippen LogP contribution in [0.2, 0.25) is 0 Å². The van der Waals surface area contributed by atoms with Crippen LogP contribution in [0, 0.1) is 22.7 Å². The van der Waals surface area contributed by atoms with Crippen molar-refractivity contribution in [2.75, 3.05) is 6.61 Å². The molecule has 3 aliphatic rings. The van der Waals surface area contributed by atoms with E-state index in [-0.39, 0.29) is 12.2 Å². The third-order valence-corrected chi connectivity index (χ3v) is 7.37. The van der Waals surface area contributed by atoms with E-state index in [2.05, 4.69) is 27.7 Å². The van der Waals surface area contributed by atoms with Gasteiger partial charge < -0.3 is 9.84 Å². The van der Waals surface area contributed by atoms with Crippen molar-refractivity contribution in [3.05, 3.63) is 11.3 Å². The van der Waals surface area contributed by atoms with Crippen molar-refractivity contribution in [2.24, 2.45) is 22.7 Å². The zero-order valence-corrected chi connectivity index (χ0v) is 15.2. The Morgan fingerprint density at radius 3 is 2.61 bits per heavy atom. The largest absolute Gasteiger partial charge is 0.491 e. The molecule has 0 radical (unpaired) electrons. The molecule has 4 unspecified atom stereocenters. The van der Waals surface area contributed by atoms with Gasteiger partial charge in [-0.25, -0.2) is 0 Å². The number of hydrogen-bond donors (Lipinski definition) is 1. The zero-order chi connectivity index (χ0) is 16.9. The van der Waals surface area contributed by atoms with E-state index in [1.807, 2.05) is 0 Å². The van der Waals surface area contributed by atoms with Crippen molar-refractivity contribution in [2.45, 2.75) is 78.2 Å². The minimum absolute atomic E-state index is 0.00916. The second-order valence-corrected chi connectivity index (χ2v) is 9.15. The fourth-order valence-corrected chi connectivity index (χ4v) is 6.27. The van der Waals surface area contributed by atoms with Gasteiger partial charge in [-0.15, -0.1) is 0 Å². The molecule has 130 valence electrons. The van der Waals surface area contributed by atoms with Crippen molar-refractivity contribution in [1.29, 1.82) is 0 Å². The average molecular weight is 320 g/mol. The van der Waals surface area contributed by atoms with Crippen molar-refractivity contribution in [3.63, 3.8) is 0 Å². The summed E-state index contributed by atoms with van der Waals surface area (Å²) in [5.74, 6) is 2.08. The van der Waals surface area contributed by atoms with Crippen LogP contribution in [0.25, 0.3) is 0 Å². The summed E-state index contributed by atoms with van der Waals surface area (Å²) in [6, 6.07) is 0.